The van der Waals surface area contributed by atoms with E-state index in [4.69, 9.17) is 5.73 Å². The van der Waals surface area contributed by atoms with Crippen LogP contribution in [0.2, 0.25) is 0 Å². The Hall–Kier alpha value is -1.76. The molecule has 0 aliphatic heterocycles. The van der Waals surface area contributed by atoms with Crippen LogP contribution in [0, 0.1) is 12.7 Å². The zero-order chi connectivity index (χ0) is 11.5. The molecule has 2 rings (SSSR count). The summed E-state index contributed by atoms with van der Waals surface area (Å²) in [5, 5.41) is 5.70. The molecule has 0 fully saturated rings. The first kappa shape index (κ1) is 10.7. The van der Waals surface area contributed by atoms with E-state index in [-0.39, 0.29) is 11.8 Å². The summed E-state index contributed by atoms with van der Waals surface area (Å²) < 4.78 is 13.2. The maximum atomic E-state index is 13.2. The van der Waals surface area contributed by atoms with Gasteiger partial charge in [-0.15, -0.1) is 11.3 Å². The average Bonchev–Trinajstić information content (AvgIpc) is 2.66. The molecule has 0 aromatic carbocycles. The highest BCUT2D eigenvalue weighted by molar-refractivity contribution is 7.09. The van der Waals surface area contributed by atoms with Crippen LogP contribution in [0.5, 0.6) is 0 Å². The number of aryl methyl sites for hydroxylation is 1. The van der Waals surface area contributed by atoms with Crippen LogP contribution in [-0.4, -0.2) is 15.0 Å². The fraction of sp³-hybridized carbons (Fsp3) is 0.222. The largest absolute Gasteiger partial charge is 0.368 e. The fourth-order valence-corrected chi connectivity index (χ4v) is 1.78. The molecule has 5 nitrogen and oxygen atoms in total. The van der Waals surface area contributed by atoms with Gasteiger partial charge < -0.3 is 11.1 Å². The van der Waals surface area contributed by atoms with E-state index >= 15 is 0 Å². The van der Waals surface area contributed by atoms with Gasteiger partial charge in [-0.25, -0.2) is 14.4 Å². The van der Waals surface area contributed by atoms with Crippen LogP contribution in [0.4, 0.5) is 16.2 Å². The molecule has 0 spiro atoms. The number of halogens is 1. The summed E-state index contributed by atoms with van der Waals surface area (Å²) in [6.45, 7) is 2.33. The van der Waals surface area contributed by atoms with Gasteiger partial charge in [0.2, 0.25) is 5.95 Å². The van der Waals surface area contributed by atoms with Gasteiger partial charge in [-0.2, -0.15) is 4.98 Å². The van der Waals surface area contributed by atoms with Crippen molar-refractivity contribution >= 4 is 23.1 Å². The summed E-state index contributed by atoms with van der Waals surface area (Å²) in [6.07, 6.45) is 1.04. The van der Waals surface area contributed by atoms with E-state index in [9.17, 15) is 4.39 Å². The fourth-order valence-electron chi connectivity index (χ4n) is 1.17. The number of hydrogen-bond acceptors (Lipinski definition) is 6. The SMILES string of the molecule is Cc1nc(CNc2nc(N)ncc2F)cs1. The Morgan fingerprint density at radius 2 is 2.31 bits per heavy atom. The number of anilines is 2. The summed E-state index contributed by atoms with van der Waals surface area (Å²) in [5.74, 6) is -0.391. The Labute approximate surface area is 95.6 Å². The predicted molar refractivity (Wildman–Crippen MR) is 60.6 cm³/mol. The molecule has 0 aliphatic rings. The summed E-state index contributed by atoms with van der Waals surface area (Å²) >= 11 is 1.54. The van der Waals surface area contributed by atoms with Crippen molar-refractivity contribution in [2.24, 2.45) is 0 Å². The molecule has 84 valence electrons. The van der Waals surface area contributed by atoms with Crippen LogP contribution in [0.15, 0.2) is 11.6 Å². The molecule has 2 aromatic rings. The van der Waals surface area contributed by atoms with Crippen molar-refractivity contribution in [1.82, 2.24) is 15.0 Å². The van der Waals surface area contributed by atoms with Crippen molar-refractivity contribution in [3.63, 3.8) is 0 Å². The first-order valence-electron chi connectivity index (χ1n) is 4.58. The summed E-state index contributed by atoms with van der Waals surface area (Å²) in [6, 6.07) is 0. The molecule has 0 saturated carbocycles. The molecule has 16 heavy (non-hydrogen) atoms. The number of thiazole rings is 1. The van der Waals surface area contributed by atoms with Crippen molar-refractivity contribution in [2.75, 3.05) is 11.1 Å². The molecular weight excluding hydrogens is 229 g/mol. The van der Waals surface area contributed by atoms with Gasteiger partial charge in [-0.05, 0) is 6.92 Å². The molecule has 0 bridgehead atoms. The smallest absolute Gasteiger partial charge is 0.222 e. The number of nitrogens with two attached hydrogens (primary N) is 1. The first-order valence-corrected chi connectivity index (χ1v) is 5.46. The lowest BCUT2D eigenvalue weighted by Crippen LogP contribution is -2.06. The minimum atomic E-state index is -0.527. The van der Waals surface area contributed by atoms with E-state index in [0.29, 0.717) is 6.54 Å². The zero-order valence-electron chi connectivity index (χ0n) is 8.57. The molecule has 0 unspecified atom stereocenters. The third-order valence-electron chi connectivity index (χ3n) is 1.87. The maximum Gasteiger partial charge on any atom is 0.222 e. The summed E-state index contributed by atoms with van der Waals surface area (Å²) in [7, 11) is 0. The number of aromatic nitrogens is 3. The van der Waals surface area contributed by atoms with E-state index in [1.807, 2.05) is 12.3 Å². The summed E-state index contributed by atoms with van der Waals surface area (Å²) in [4.78, 5) is 11.5. The Kier molecular flexibility index (Phi) is 2.95. The van der Waals surface area contributed by atoms with Crippen LogP contribution in [0.3, 0.4) is 0 Å². The van der Waals surface area contributed by atoms with Crippen LogP contribution < -0.4 is 11.1 Å². The quantitative estimate of drug-likeness (QED) is 0.850. The van der Waals surface area contributed by atoms with Gasteiger partial charge in [-0.1, -0.05) is 0 Å². The van der Waals surface area contributed by atoms with Gasteiger partial charge >= 0.3 is 0 Å². The lowest BCUT2D eigenvalue weighted by molar-refractivity contribution is 0.617. The zero-order valence-corrected chi connectivity index (χ0v) is 9.38. The molecule has 0 radical (unpaired) electrons. The summed E-state index contributed by atoms with van der Waals surface area (Å²) in [5.41, 5.74) is 6.20. The molecule has 2 heterocycles. The maximum absolute atomic E-state index is 13.2. The Balaban J connectivity index is 2.07. The topological polar surface area (TPSA) is 76.7 Å². The Morgan fingerprint density at radius 1 is 1.50 bits per heavy atom. The highest BCUT2D eigenvalue weighted by Crippen LogP contribution is 2.13. The highest BCUT2D eigenvalue weighted by atomic mass is 32.1. The van der Waals surface area contributed by atoms with Crippen LogP contribution in [0.1, 0.15) is 10.7 Å². The van der Waals surface area contributed by atoms with E-state index < -0.39 is 5.82 Å². The van der Waals surface area contributed by atoms with E-state index in [0.717, 1.165) is 16.9 Å². The predicted octanol–water partition coefficient (Wildman–Crippen LogP) is 1.57. The van der Waals surface area contributed by atoms with Gasteiger partial charge in [0.05, 0.1) is 23.4 Å². The number of hydrogen-bond donors (Lipinski definition) is 2. The van der Waals surface area contributed by atoms with Gasteiger partial charge in [0.1, 0.15) is 0 Å². The van der Waals surface area contributed by atoms with Crippen molar-refractivity contribution < 1.29 is 4.39 Å². The van der Waals surface area contributed by atoms with E-state index in [1.54, 1.807) is 11.3 Å². The third kappa shape index (κ3) is 2.43. The van der Waals surface area contributed by atoms with Gasteiger partial charge in [0.15, 0.2) is 11.6 Å². The normalized spacial score (nSPS) is 10.4. The molecule has 0 saturated heterocycles. The number of nitrogens with one attached hydrogen (secondary N) is 1. The van der Waals surface area contributed by atoms with Gasteiger partial charge in [0, 0.05) is 5.38 Å². The second kappa shape index (κ2) is 4.40. The second-order valence-corrected chi connectivity index (χ2v) is 4.20. The van der Waals surface area contributed by atoms with E-state index in [2.05, 4.69) is 20.3 Å². The average molecular weight is 239 g/mol. The van der Waals surface area contributed by atoms with Gasteiger partial charge in [-0.3, -0.25) is 0 Å². The van der Waals surface area contributed by atoms with Crippen LogP contribution >= 0.6 is 11.3 Å². The lowest BCUT2D eigenvalue weighted by atomic mass is 10.4. The van der Waals surface area contributed by atoms with Crippen molar-refractivity contribution in [2.45, 2.75) is 13.5 Å². The highest BCUT2D eigenvalue weighted by Gasteiger charge is 2.05. The van der Waals surface area contributed by atoms with Crippen LogP contribution in [-0.2, 0) is 6.54 Å². The number of nitrogens with zero attached hydrogens (tertiary/aromatic N) is 3. The molecule has 7 heteroatoms. The molecular formula is C9H10FN5S. The Morgan fingerprint density at radius 3 is 3.00 bits per heavy atom. The minimum absolute atomic E-state index is 0.0401. The monoisotopic (exact) mass is 239 g/mol. The number of nitrogen functional groups attached to an aromatic ring is 1. The third-order valence-corrected chi connectivity index (χ3v) is 2.69. The minimum Gasteiger partial charge on any atom is -0.368 e. The van der Waals surface area contributed by atoms with Crippen LogP contribution in [0.25, 0.3) is 0 Å². The van der Waals surface area contributed by atoms with E-state index in [1.165, 1.54) is 0 Å². The van der Waals surface area contributed by atoms with Crippen molar-refractivity contribution in [3.05, 3.63) is 28.1 Å². The second-order valence-electron chi connectivity index (χ2n) is 3.14. The molecule has 2 aromatic heterocycles. The Bertz CT molecular complexity index is 498. The van der Waals surface area contributed by atoms with Crippen molar-refractivity contribution in [3.8, 4) is 0 Å². The molecule has 3 N–H and O–H groups in total. The first-order chi connectivity index (χ1) is 7.65. The molecule has 0 aliphatic carbocycles. The standard InChI is InChI=1S/C9H10FN5S/c1-5-14-6(4-16-5)2-12-8-7(10)3-13-9(11)15-8/h3-4H,2H2,1H3,(H3,11,12,13,15). The van der Waals surface area contributed by atoms with Crippen molar-refractivity contribution in [1.29, 1.82) is 0 Å². The van der Waals surface area contributed by atoms with Gasteiger partial charge in [0.25, 0.3) is 0 Å². The number of rotatable bonds is 3. The molecule has 0 atom stereocenters. The lowest BCUT2D eigenvalue weighted by Gasteiger charge is -2.04. The molecule has 0 amide bonds.